The Morgan fingerprint density at radius 1 is 1.59 bits per heavy atom. The van der Waals surface area contributed by atoms with Crippen molar-refractivity contribution < 1.29 is 0 Å². The maximum atomic E-state index is 6.43. The van der Waals surface area contributed by atoms with E-state index >= 15 is 0 Å². The van der Waals surface area contributed by atoms with Crippen molar-refractivity contribution in [2.45, 2.75) is 45.6 Å². The van der Waals surface area contributed by atoms with E-state index in [1.165, 1.54) is 11.3 Å². The Morgan fingerprint density at radius 3 is 2.86 bits per heavy atom. The van der Waals surface area contributed by atoms with Crippen LogP contribution in [0.15, 0.2) is 17.2 Å². The van der Waals surface area contributed by atoms with E-state index in [-0.39, 0.29) is 10.7 Å². The summed E-state index contributed by atoms with van der Waals surface area (Å²) in [5, 5.41) is 4.82. The van der Waals surface area contributed by atoms with Gasteiger partial charge in [0.1, 0.15) is 0 Å². The van der Waals surface area contributed by atoms with Crippen LogP contribution in [-0.4, -0.2) is 23.4 Å². The lowest BCUT2D eigenvalue weighted by Gasteiger charge is -2.47. The number of nitrogens with two attached hydrogens (primary N) is 1. The zero-order valence-corrected chi connectivity index (χ0v) is 15.1. The molecule has 6 heteroatoms. The number of fused-ring (bicyclic) bond motifs is 1. The van der Waals surface area contributed by atoms with Gasteiger partial charge in [0, 0.05) is 23.3 Å². The van der Waals surface area contributed by atoms with Crippen molar-refractivity contribution in [2.24, 2.45) is 10.8 Å². The summed E-state index contributed by atoms with van der Waals surface area (Å²) in [5.74, 6) is 0.473. The number of thiocarbonyl (C=S) groups is 1. The van der Waals surface area contributed by atoms with Gasteiger partial charge in [0.25, 0.3) is 0 Å². The first-order valence-corrected chi connectivity index (χ1v) is 8.24. The quantitative estimate of drug-likeness (QED) is 0.502. The molecule has 2 rings (SSSR count). The van der Waals surface area contributed by atoms with Gasteiger partial charge in [0.2, 0.25) is 0 Å². The molecule has 3 N–H and O–H groups in total. The van der Waals surface area contributed by atoms with Crippen molar-refractivity contribution in [3.05, 3.63) is 28.3 Å². The summed E-state index contributed by atoms with van der Waals surface area (Å²) in [7, 11) is 0. The number of nitrogens with zero attached hydrogens (tertiary/aromatic N) is 2. The molecule has 1 aromatic carbocycles. The SMILES string of the molecule is CCN1c2cc(Cl)c(/C=N\NC(N)=S)cc2C(C)CC1(C)C. The fourth-order valence-corrected chi connectivity index (χ4v) is 3.64. The number of anilines is 1. The molecule has 0 fully saturated rings. The van der Waals surface area contributed by atoms with Crippen LogP contribution in [0.5, 0.6) is 0 Å². The Labute approximate surface area is 142 Å². The van der Waals surface area contributed by atoms with Crippen LogP contribution >= 0.6 is 23.8 Å². The molecule has 4 nitrogen and oxygen atoms in total. The van der Waals surface area contributed by atoms with Gasteiger partial charge in [-0.05, 0) is 63.0 Å². The highest BCUT2D eigenvalue weighted by molar-refractivity contribution is 7.80. The van der Waals surface area contributed by atoms with Crippen LogP contribution in [0.1, 0.15) is 51.2 Å². The highest BCUT2D eigenvalue weighted by Gasteiger charge is 2.35. The van der Waals surface area contributed by atoms with Gasteiger partial charge in [-0.25, -0.2) is 0 Å². The van der Waals surface area contributed by atoms with E-state index in [9.17, 15) is 0 Å². The molecule has 0 radical (unpaired) electrons. The summed E-state index contributed by atoms with van der Waals surface area (Å²) in [6, 6.07) is 4.16. The van der Waals surface area contributed by atoms with E-state index in [1.807, 2.05) is 6.07 Å². The predicted molar refractivity (Wildman–Crippen MR) is 99.1 cm³/mol. The molecule has 0 aromatic heterocycles. The molecule has 1 unspecified atom stereocenters. The number of nitrogens with one attached hydrogen (secondary N) is 1. The van der Waals surface area contributed by atoms with E-state index in [0.717, 1.165) is 18.5 Å². The van der Waals surface area contributed by atoms with Crippen molar-refractivity contribution in [2.75, 3.05) is 11.4 Å². The van der Waals surface area contributed by atoms with Crippen molar-refractivity contribution in [1.29, 1.82) is 0 Å². The van der Waals surface area contributed by atoms with Crippen LogP contribution in [0.2, 0.25) is 5.02 Å². The summed E-state index contributed by atoms with van der Waals surface area (Å²) in [6.45, 7) is 9.96. The molecular formula is C16H23ClN4S. The number of halogens is 1. The first-order valence-electron chi connectivity index (χ1n) is 7.46. The smallest absolute Gasteiger partial charge is 0.184 e. The van der Waals surface area contributed by atoms with Gasteiger partial charge in [-0.1, -0.05) is 18.5 Å². The Bertz CT molecular complexity index is 612. The largest absolute Gasteiger partial charge is 0.375 e. The summed E-state index contributed by atoms with van der Waals surface area (Å²) in [5.41, 5.74) is 11.4. The lowest BCUT2D eigenvalue weighted by molar-refractivity contribution is 0.381. The molecule has 120 valence electrons. The second-order valence-electron chi connectivity index (χ2n) is 6.33. The van der Waals surface area contributed by atoms with Gasteiger partial charge >= 0.3 is 0 Å². The van der Waals surface area contributed by atoms with E-state index < -0.39 is 0 Å². The Morgan fingerprint density at radius 2 is 2.27 bits per heavy atom. The first-order chi connectivity index (χ1) is 10.3. The third-order valence-electron chi connectivity index (χ3n) is 4.20. The van der Waals surface area contributed by atoms with Gasteiger partial charge in [-0.3, -0.25) is 5.43 Å². The molecule has 1 heterocycles. The molecule has 0 saturated heterocycles. The molecule has 22 heavy (non-hydrogen) atoms. The number of hydrogen-bond donors (Lipinski definition) is 2. The molecular weight excluding hydrogens is 316 g/mol. The average molecular weight is 339 g/mol. The van der Waals surface area contributed by atoms with E-state index in [1.54, 1.807) is 6.21 Å². The maximum Gasteiger partial charge on any atom is 0.184 e. The standard InChI is InChI=1S/C16H23ClN4S/c1-5-21-14-7-13(17)11(9-19-20-15(18)22)6-12(14)10(2)8-16(21,3)4/h6-7,9-10H,5,8H2,1-4H3,(H3,18,20,22)/b19-9-. The number of hydrazone groups is 1. The number of hydrogen-bond acceptors (Lipinski definition) is 3. The van der Waals surface area contributed by atoms with Crippen molar-refractivity contribution in [3.63, 3.8) is 0 Å². The molecule has 0 spiro atoms. The fraction of sp³-hybridized carbons (Fsp3) is 0.500. The number of benzene rings is 1. The van der Waals surface area contributed by atoms with Crippen LogP contribution in [0.3, 0.4) is 0 Å². The Kier molecular flexibility index (Phi) is 4.97. The second-order valence-corrected chi connectivity index (χ2v) is 7.18. The Balaban J connectivity index is 2.44. The van der Waals surface area contributed by atoms with Gasteiger partial charge in [0.15, 0.2) is 5.11 Å². The van der Waals surface area contributed by atoms with Crippen LogP contribution in [0.4, 0.5) is 5.69 Å². The van der Waals surface area contributed by atoms with Gasteiger partial charge in [0.05, 0.1) is 11.2 Å². The number of rotatable bonds is 3. The fourth-order valence-electron chi connectivity index (χ4n) is 3.38. The first kappa shape index (κ1) is 17.0. The Hall–Kier alpha value is -1.33. The summed E-state index contributed by atoms with van der Waals surface area (Å²) >= 11 is 11.2. The maximum absolute atomic E-state index is 6.43. The monoisotopic (exact) mass is 338 g/mol. The summed E-state index contributed by atoms with van der Waals surface area (Å²) in [4.78, 5) is 2.42. The molecule has 1 aromatic rings. The van der Waals surface area contributed by atoms with Crippen LogP contribution in [0.25, 0.3) is 0 Å². The van der Waals surface area contributed by atoms with Crippen LogP contribution in [-0.2, 0) is 0 Å². The minimum absolute atomic E-state index is 0.132. The van der Waals surface area contributed by atoms with Crippen molar-refractivity contribution >= 4 is 40.8 Å². The summed E-state index contributed by atoms with van der Waals surface area (Å²) < 4.78 is 0. The highest BCUT2D eigenvalue weighted by Crippen LogP contribution is 2.44. The molecule has 0 saturated carbocycles. The third kappa shape index (κ3) is 3.36. The lowest BCUT2D eigenvalue weighted by Crippen LogP contribution is -2.48. The minimum Gasteiger partial charge on any atom is -0.375 e. The molecule has 0 amide bonds. The van der Waals surface area contributed by atoms with E-state index in [0.29, 0.717) is 10.9 Å². The van der Waals surface area contributed by atoms with Crippen LogP contribution in [0, 0.1) is 0 Å². The van der Waals surface area contributed by atoms with E-state index in [4.69, 9.17) is 29.6 Å². The minimum atomic E-state index is 0.132. The van der Waals surface area contributed by atoms with Gasteiger partial charge in [-0.2, -0.15) is 5.10 Å². The van der Waals surface area contributed by atoms with Crippen LogP contribution < -0.4 is 16.1 Å². The zero-order chi connectivity index (χ0) is 16.5. The summed E-state index contributed by atoms with van der Waals surface area (Å²) in [6.07, 6.45) is 2.77. The molecule has 1 aliphatic heterocycles. The molecule has 1 aliphatic rings. The van der Waals surface area contributed by atoms with Gasteiger partial charge in [-0.15, -0.1) is 0 Å². The third-order valence-corrected chi connectivity index (χ3v) is 4.62. The zero-order valence-electron chi connectivity index (χ0n) is 13.5. The normalized spacial score (nSPS) is 20.0. The molecule has 0 aliphatic carbocycles. The lowest BCUT2D eigenvalue weighted by atomic mass is 9.79. The average Bonchev–Trinajstić information content (AvgIpc) is 2.39. The van der Waals surface area contributed by atoms with Crippen molar-refractivity contribution in [1.82, 2.24) is 5.43 Å². The highest BCUT2D eigenvalue weighted by atomic mass is 35.5. The van der Waals surface area contributed by atoms with E-state index in [2.05, 4.69) is 49.2 Å². The molecule has 1 atom stereocenters. The topological polar surface area (TPSA) is 53.6 Å². The van der Waals surface area contributed by atoms with Gasteiger partial charge < -0.3 is 10.6 Å². The van der Waals surface area contributed by atoms with Crippen molar-refractivity contribution in [3.8, 4) is 0 Å². The second kappa shape index (κ2) is 6.42. The molecule has 0 bridgehead atoms. The predicted octanol–water partition coefficient (Wildman–Crippen LogP) is 3.62.